The zero-order valence-electron chi connectivity index (χ0n) is 10.7. The molecule has 2 aromatic heterocycles. The fourth-order valence-corrected chi connectivity index (χ4v) is 2.13. The van der Waals surface area contributed by atoms with Gasteiger partial charge >= 0.3 is 5.97 Å². The first-order valence-electron chi connectivity index (χ1n) is 6.01. The van der Waals surface area contributed by atoms with Gasteiger partial charge in [0.2, 0.25) is 5.95 Å². The Bertz CT molecular complexity index is 806. The van der Waals surface area contributed by atoms with Crippen LogP contribution in [-0.4, -0.2) is 25.7 Å². The predicted octanol–water partition coefficient (Wildman–Crippen LogP) is 1.99. The van der Waals surface area contributed by atoms with Crippen LogP contribution in [0.1, 0.15) is 15.9 Å². The van der Waals surface area contributed by atoms with Crippen LogP contribution in [0.3, 0.4) is 0 Å². The van der Waals surface area contributed by atoms with Gasteiger partial charge in [-0.05, 0) is 36.2 Å². The van der Waals surface area contributed by atoms with E-state index in [1.54, 1.807) is 28.8 Å². The number of nitrogen functional groups attached to an aromatic ring is 1. The lowest BCUT2D eigenvalue weighted by atomic mass is 10.0. The molecule has 100 valence electrons. The highest BCUT2D eigenvalue weighted by atomic mass is 16.4. The number of fused-ring (bicyclic) bond motifs is 1. The molecule has 0 aliphatic carbocycles. The second-order valence-corrected chi connectivity index (χ2v) is 4.53. The molecule has 0 fully saturated rings. The van der Waals surface area contributed by atoms with E-state index in [9.17, 15) is 4.79 Å². The maximum absolute atomic E-state index is 10.8. The van der Waals surface area contributed by atoms with Crippen molar-refractivity contribution in [3.8, 4) is 11.1 Å². The lowest BCUT2D eigenvalue weighted by molar-refractivity contribution is 0.0697. The Morgan fingerprint density at radius 2 is 1.95 bits per heavy atom. The van der Waals surface area contributed by atoms with E-state index in [1.807, 2.05) is 19.2 Å². The molecule has 0 unspecified atom stereocenters. The number of rotatable bonds is 2. The largest absolute Gasteiger partial charge is 0.478 e. The van der Waals surface area contributed by atoms with Gasteiger partial charge in [-0.1, -0.05) is 12.1 Å². The molecule has 0 spiro atoms. The minimum absolute atomic E-state index is 0.228. The van der Waals surface area contributed by atoms with Gasteiger partial charge in [-0.2, -0.15) is 4.98 Å². The number of hydrogen-bond acceptors (Lipinski definition) is 4. The number of aromatic nitrogens is 3. The van der Waals surface area contributed by atoms with Gasteiger partial charge in [0.05, 0.1) is 5.56 Å². The van der Waals surface area contributed by atoms with Gasteiger partial charge in [-0.25, -0.2) is 9.31 Å². The predicted molar refractivity (Wildman–Crippen MR) is 74.5 cm³/mol. The zero-order valence-corrected chi connectivity index (χ0v) is 10.7. The molecule has 0 saturated carbocycles. The van der Waals surface area contributed by atoms with Crippen molar-refractivity contribution in [2.45, 2.75) is 6.92 Å². The Morgan fingerprint density at radius 3 is 2.60 bits per heavy atom. The minimum atomic E-state index is -0.938. The molecular weight excluding hydrogens is 256 g/mol. The molecule has 0 bridgehead atoms. The highest BCUT2D eigenvalue weighted by Gasteiger charge is 2.08. The third-order valence-electron chi connectivity index (χ3n) is 3.10. The number of aromatic carboxylic acids is 1. The molecule has 0 amide bonds. The van der Waals surface area contributed by atoms with Gasteiger partial charge in [0.25, 0.3) is 0 Å². The topological polar surface area (TPSA) is 93.5 Å². The van der Waals surface area contributed by atoms with Crippen LogP contribution in [0.5, 0.6) is 0 Å². The molecule has 3 aromatic rings. The van der Waals surface area contributed by atoms with Gasteiger partial charge in [0.15, 0.2) is 5.65 Å². The number of aryl methyl sites for hydroxylation is 1. The van der Waals surface area contributed by atoms with Gasteiger partial charge in [0.1, 0.15) is 0 Å². The van der Waals surface area contributed by atoms with E-state index < -0.39 is 5.97 Å². The number of hydrogen-bond donors (Lipinski definition) is 2. The second kappa shape index (κ2) is 4.34. The van der Waals surface area contributed by atoms with Gasteiger partial charge in [-0.15, -0.1) is 5.10 Å². The summed E-state index contributed by atoms with van der Waals surface area (Å²) in [5.41, 5.74) is 9.36. The van der Waals surface area contributed by atoms with Crippen LogP contribution in [0.15, 0.2) is 36.5 Å². The highest BCUT2D eigenvalue weighted by Crippen LogP contribution is 2.23. The zero-order chi connectivity index (χ0) is 14.3. The molecule has 20 heavy (non-hydrogen) atoms. The summed E-state index contributed by atoms with van der Waals surface area (Å²) in [6.45, 7) is 1.93. The first kappa shape index (κ1) is 12.2. The molecule has 2 heterocycles. The number of nitrogens with zero attached hydrogens (tertiary/aromatic N) is 3. The lowest BCUT2D eigenvalue weighted by Gasteiger charge is -2.05. The molecule has 0 saturated heterocycles. The van der Waals surface area contributed by atoms with E-state index in [-0.39, 0.29) is 11.5 Å². The van der Waals surface area contributed by atoms with Crippen molar-refractivity contribution in [2.75, 3.05) is 5.73 Å². The summed E-state index contributed by atoms with van der Waals surface area (Å²) in [7, 11) is 0. The van der Waals surface area contributed by atoms with Crippen LogP contribution in [0.4, 0.5) is 5.95 Å². The third-order valence-corrected chi connectivity index (χ3v) is 3.10. The van der Waals surface area contributed by atoms with E-state index in [1.165, 1.54) is 0 Å². The van der Waals surface area contributed by atoms with Crippen molar-refractivity contribution in [1.29, 1.82) is 0 Å². The van der Waals surface area contributed by atoms with E-state index >= 15 is 0 Å². The Labute approximate surface area is 114 Å². The SMILES string of the molecule is Cc1cc(-c2ccc(C(=O)O)cc2)cn2nc(N)nc12. The van der Waals surface area contributed by atoms with Crippen LogP contribution in [0.2, 0.25) is 0 Å². The summed E-state index contributed by atoms with van der Waals surface area (Å²) in [6.07, 6.45) is 1.82. The molecule has 0 atom stereocenters. The number of carboxylic acid groups (broad SMARTS) is 1. The number of benzene rings is 1. The summed E-state index contributed by atoms with van der Waals surface area (Å²) < 4.78 is 1.63. The maximum Gasteiger partial charge on any atom is 0.335 e. The molecule has 1 aromatic carbocycles. The summed E-state index contributed by atoms with van der Waals surface area (Å²) in [4.78, 5) is 15.0. The van der Waals surface area contributed by atoms with Crippen molar-refractivity contribution >= 4 is 17.6 Å². The minimum Gasteiger partial charge on any atom is -0.478 e. The van der Waals surface area contributed by atoms with Crippen molar-refractivity contribution in [3.05, 3.63) is 47.7 Å². The van der Waals surface area contributed by atoms with Crippen molar-refractivity contribution in [2.24, 2.45) is 0 Å². The molecule has 0 radical (unpaired) electrons. The maximum atomic E-state index is 10.8. The Hall–Kier alpha value is -2.89. The number of anilines is 1. The van der Waals surface area contributed by atoms with Crippen LogP contribution < -0.4 is 5.73 Å². The molecule has 0 aliphatic heterocycles. The van der Waals surface area contributed by atoms with E-state index in [0.29, 0.717) is 5.65 Å². The quantitative estimate of drug-likeness (QED) is 0.741. The normalized spacial score (nSPS) is 10.8. The van der Waals surface area contributed by atoms with E-state index in [0.717, 1.165) is 16.7 Å². The fraction of sp³-hybridized carbons (Fsp3) is 0.0714. The van der Waals surface area contributed by atoms with Crippen LogP contribution in [-0.2, 0) is 0 Å². The summed E-state index contributed by atoms with van der Waals surface area (Å²) in [5.74, 6) is -0.710. The smallest absolute Gasteiger partial charge is 0.335 e. The number of pyridine rings is 1. The Kier molecular flexibility index (Phi) is 2.64. The number of carboxylic acids is 1. The Morgan fingerprint density at radius 1 is 1.25 bits per heavy atom. The van der Waals surface area contributed by atoms with Crippen LogP contribution >= 0.6 is 0 Å². The lowest BCUT2D eigenvalue weighted by Crippen LogP contribution is -1.96. The summed E-state index contributed by atoms with van der Waals surface area (Å²) in [6, 6.07) is 8.66. The molecular formula is C14H12N4O2. The molecule has 3 rings (SSSR count). The van der Waals surface area contributed by atoms with E-state index in [4.69, 9.17) is 10.8 Å². The molecule has 6 heteroatoms. The van der Waals surface area contributed by atoms with Gasteiger partial charge < -0.3 is 10.8 Å². The third kappa shape index (κ3) is 1.97. The van der Waals surface area contributed by atoms with Crippen molar-refractivity contribution in [3.63, 3.8) is 0 Å². The molecule has 3 N–H and O–H groups in total. The fourth-order valence-electron chi connectivity index (χ4n) is 2.13. The standard InChI is InChI=1S/C14H12N4O2/c1-8-6-11(7-18-12(8)16-14(15)17-18)9-2-4-10(5-3-9)13(19)20/h2-7H,1H3,(H2,15,17)(H,19,20). The number of nitrogens with two attached hydrogens (primary N) is 1. The van der Waals surface area contributed by atoms with Crippen LogP contribution in [0, 0.1) is 6.92 Å². The summed E-state index contributed by atoms with van der Waals surface area (Å²) in [5, 5.41) is 13.0. The van der Waals surface area contributed by atoms with Gasteiger partial charge in [0, 0.05) is 11.8 Å². The first-order chi connectivity index (χ1) is 9.54. The second-order valence-electron chi connectivity index (χ2n) is 4.53. The molecule has 0 aliphatic rings. The Balaban J connectivity index is 2.11. The van der Waals surface area contributed by atoms with Gasteiger partial charge in [-0.3, -0.25) is 0 Å². The van der Waals surface area contributed by atoms with E-state index in [2.05, 4.69) is 10.1 Å². The number of carbonyl (C=O) groups is 1. The summed E-state index contributed by atoms with van der Waals surface area (Å²) >= 11 is 0. The highest BCUT2D eigenvalue weighted by molar-refractivity contribution is 5.88. The van der Waals surface area contributed by atoms with Crippen LogP contribution in [0.25, 0.3) is 16.8 Å². The van der Waals surface area contributed by atoms with Crippen molar-refractivity contribution < 1.29 is 9.90 Å². The van der Waals surface area contributed by atoms with Crippen molar-refractivity contribution in [1.82, 2.24) is 14.6 Å². The average Bonchev–Trinajstić information content (AvgIpc) is 2.80. The molecule has 6 nitrogen and oxygen atoms in total. The monoisotopic (exact) mass is 268 g/mol. The first-order valence-corrected chi connectivity index (χ1v) is 6.01. The average molecular weight is 268 g/mol.